The van der Waals surface area contributed by atoms with Gasteiger partial charge >= 0.3 is 5.97 Å². The van der Waals surface area contributed by atoms with E-state index in [2.05, 4.69) is 4.98 Å². The van der Waals surface area contributed by atoms with Crippen LogP contribution in [0.5, 0.6) is 0 Å². The number of hydrogen-bond acceptors (Lipinski definition) is 3. The highest BCUT2D eigenvalue weighted by molar-refractivity contribution is 5.93. The van der Waals surface area contributed by atoms with Gasteiger partial charge < -0.3 is 10.8 Å². The number of nitrogen functional groups attached to an aromatic ring is 1. The van der Waals surface area contributed by atoms with E-state index in [-0.39, 0.29) is 5.69 Å². The van der Waals surface area contributed by atoms with Crippen LogP contribution in [0.2, 0.25) is 0 Å². The van der Waals surface area contributed by atoms with Gasteiger partial charge in [0.05, 0.1) is 18.1 Å². The number of halogens is 1. The lowest BCUT2D eigenvalue weighted by atomic mass is 10.2. The first-order chi connectivity index (χ1) is 5.13. The van der Waals surface area contributed by atoms with Crippen molar-refractivity contribution >= 4 is 11.7 Å². The van der Waals surface area contributed by atoms with Crippen LogP contribution in [0.4, 0.5) is 10.1 Å². The van der Waals surface area contributed by atoms with E-state index in [0.717, 1.165) is 12.4 Å². The Balaban J connectivity index is 3.32. The quantitative estimate of drug-likeness (QED) is 0.620. The average molecular weight is 156 g/mol. The van der Waals surface area contributed by atoms with Gasteiger partial charge in [-0.2, -0.15) is 0 Å². The fraction of sp³-hybridized carbons (Fsp3) is 0. The van der Waals surface area contributed by atoms with Crippen LogP contribution in [-0.2, 0) is 0 Å². The third-order valence-corrected chi connectivity index (χ3v) is 1.14. The van der Waals surface area contributed by atoms with E-state index in [1.54, 1.807) is 0 Å². The maximum atomic E-state index is 12.6. The lowest BCUT2D eigenvalue weighted by Gasteiger charge is -1.98. The number of aromatic nitrogens is 1. The largest absolute Gasteiger partial charge is 0.478 e. The molecule has 3 N–H and O–H groups in total. The predicted octanol–water partition coefficient (Wildman–Crippen LogP) is 0.501. The van der Waals surface area contributed by atoms with Gasteiger partial charge in [0.2, 0.25) is 0 Å². The SMILES string of the molecule is Nc1cncc(F)c1C(=O)O. The summed E-state index contributed by atoms with van der Waals surface area (Å²) in [5, 5.41) is 8.40. The summed E-state index contributed by atoms with van der Waals surface area (Å²) in [6.45, 7) is 0. The van der Waals surface area contributed by atoms with Crippen molar-refractivity contribution < 1.29 is 14.3 Å². The van der Waals surface area contributed by atoms with Crippen LogP contribution < -0.4 is 5.73 Å². The molecule has 0 amide bonds. The molecule has 11 heavy (non-hydrogen) atoms. The average Bonchev–Trinajstić information content (AvgIpc) is 1.85. The highest BCUT2D eigenvalue weighted by Gasteiger charge is 2.13. The van der Waals surface area contributed by atoms with Crippen LogP contribution in [0.15, 0.2) is 12.4 Å². The van der Waals surface area contributed by atoms with Crippen LogP contribution in [0.3, 0.4) is 0 Å². The number of hydrogen-bond donors (Lipinski definition) is 2. The summed E-state index contributed by atoms with van der Waals surface area (Å²) >= 11 is 0. The molecule has 4 nitrogen and oxygen atoms in total. The molecule has 0 aliphatic rings. The number of aromatic carboxylic acids is 1. The monoisotopic (exact) mass is 156 g/mol. The molecular formula is C6H5FN2O2. The molecule has 0 aromatic carbocycles. The van der Waals surface area contributed by atoms with Gasteiger partial charge in [0.15, 0.2) is 5.82 Å². The molecule has 1 heterocycles. The summed E-state index contributed by atoms with van der Waals surface area (Å²) in [4.78, 5) is 13.7. The Bertz CT molecular complexity index is 280. The highest BCUT2D eigenvalue weighted by Crippen LogP contribution is 2.12. The van der Waals surface area contributed by atoms with Crippen LogP contribution in [0, 0.1) is 5.82 Å². The number of nitrogens with two attached hydrogens (primary N) is 1. The molecule has 0 fully saturated rings. The molecule has 0 aliphatic heterocycles. The van der Waals surface area contributed by atoms with Gasteiger partial charge in [-0.25, -0.2) is 9.18 Å². The maximum Gasteiger partial charge on any atom is 0.340 e. The molecular weight excluding hydrogens is 151 g/mol. The molecule has 0 aliphatic carbocycles. The lowest BCUT2D eigenvalue weighted by molar-refractivity contribution is 0.0693. The zero-order valence-corrected chi connectivity index (χ0v) is 5.41. The van der Waals surface area contributed by atoms with Gasteiger partial charge in [0, 0.05) is 0 Å². The zero-order chi connectivity index (χ0) is 8.43. The molecule has 5 heteroatoms. The molecule has 0 unspecified atom stereocenters. The first-order valence-corrected chi connectivity index (χ1v) is 2.75. The van der Waals surface area contributed by atoms with Gasteiger partial charge in [-0.3, -0.25) is 4.98 Å². The second-order valence-corrected chi connectivity index (χ2v) is 1.89. The fourth-order valence-electron chi connectivity index (χ4n) is 0.676. The minimum Gasteiger partial charge on any atom is -0.478 e. The van der Waals surface area contributed by atoms with Gasteiger partial charge in [-0.05, 0) is 0 Å². The molecule has 0 radical (unpaired) electrons. The molecule has 58 valence electrons. The molecule has 1 aromatic heterocycles. The number of anilines is 1. The molecule has 0 saturated heterocycles. The Hall–Kier alpha value is -1.65. The van der Waals surface area contributed by atoms with Gasteiger partial charge in [0.25, 0.3) is 0 Å². The minimum atomic E-state index is -1.39. The van der Waals surface area contributed by atoms with Crippen molar-refractivity contribution in [2.45, 2.75) is 0 Å². The van der Waals surface area contributed by atoms with Crippen LogP contribution in [0.1, 0.15) is 10.4 Å². The zero-order valence-electron chi connectivity index (χ0n) is 5.41. The van der Waals surface area contributed by atoms with Crippen molar-refractivity contribution in [2.75, 3.05) is 5.73 Å². The van der Waals surface area contributed by atoms with E-state index < -0.39 is 17.3 Å². The van der Waals surface area contributed by atoms with Crippen LogP contribution >= 0.6 is 0 Å². The Morgan fingerprint density at radius 1 is 1.64 bits per heavy atom. The number of carbonyl (C=O) groups is 1. The Labute approximate surface area is 61.5 Å². The van der Waals surface area contributed by atoms with E-state index in [0.29, 0.717) is 0 Å². The topological polar surface area (TPSA) is 76.2 Å². The van der Waals surface area contributed by atoms with E-state index in [4.69, 9.17) is 10.8 Å². The Morgan fingerprint density at radius 2 is 2.27 bits per heavy atom. The Morgan fingerprint density at radius 3 is 2.64 bits per heavy atom. The number of rotatable bonds is 1. The molecule has 0 bridgehead atoms. The number of carboxylic acid groups (broad SMARTS) is 1. The van der Waals surface area contributed by atoms with Crippen molar-refractivity contribution in [1.82, 2.24) is 4.98 Å². The van der Waals surface area contributed by atoms with Crippen LogP contribution in [0.25, 0.3) is 0 Å². The standard InChI is InChI=1S/C6H5FN2O2/c7-3-1-9-2-4(8)5(3)6(10)11/h1-2H,8H2,(H,10,11). The van der Waals surface area contributed by atoms with E-state index in [1.807, 2.05) is 0 Å². The Kier molecular flexibility index (Phi) is 1.72. The number of pyridine rings is 1. The summed E-state index contributed by atoms with van der Waals surface area (Å²) in [5.74, 6) is -2.31. The first kappa shape index (κ1) is 7.46. The van der Waals surface area contributed by atoms with Crippen molar-refractivity contribution in [1.29, 1.82) is 0 Å². The molecule has 1 aromatic rings. The van der Waals surface area contributed by atoms with Gasteiger partial charge in [0.1, 0.15) is 5.56 Å². The lowest BCUT2D eigenvalue weighted by Crippen LogP contribution is -2.05. The fourth-order valence-corrected chi connectivity index (χ4v) is 0.676. The van der Waals surface area contributed by atoms with Crippen LogP contribution in [-0.4, -0.2) is 16.1 Å². The maximum absolute atomic E-state index is 12.6. The summed E-state index contributed by atoms with van der Waals surface area (Å²) in [6.07, 6.45) is 1.90. The van der Waals surface area contributed by atoms with Gasteiger partial charge in [-0.15, -0.1) is 0 Å². The normalized spacial score (nSPS) is 9.55. The summed E-state index contributed by atoms with van der Waals surface area (Å²) in [6, 6.07) is 0. The molecule has 0 spiro atoms. The smallest absolute Gasteiger partial charge is 0.340 e. The van der Waals surface area contributed by atoms with Crippen molar-refractivity contribution in [3.05, 3.63) is 23.8 Å². The summed E-state index contributed by atoms with van der Waals surface area (Å²) < 4.78 is 12.6. The second-order valence-electron chi connectivity index (χ2n) is 1.89. The van der Waals surface area contributed by atoms with E-state index >= 15 is 0 Å². The molecule has 0 saturated carbocycles. The summed E-state index contributed by atoms with van der Waals surface area (Å²) in [7, 11) is 0. The van der Waals surface area contributed by atoms with Crippen molar-refractivity contribution in [3.8, 4) is 0 Å². The summed E-state index contributed by atoms with van der Waals surface area (Å²) in [5.41, 5.74) is 4.44. The van der Waals surface area contributed by atoms with Crippen molar-refractivity contribution in [3.63, 3.8) is 0 Å². The van der Waals surface area contributed by atoms with E-state index in [9.17, 15) is 9.18 Å². The predicted molar refractivity (Wildman–Crippen MR) is 35.6 cm³/mol. The van der Waals surface area contributed by atoms with E-state index in [1.165, 1.54) is 0 Å². The third-order valence-electron chi connectivity index (χ3n) is 1.14. The highest BCUT2D eigenvalue weighted by atomic mass is 19.1. The molecule has 1 rings (SSSR count). The molecule has 0 atom stereocenters. The first-order valence-electron chi connectivity index (χ1n) is 2.75. The second kappa shape index (κ2) is 2.53. The number of carboxylic acids is 1. The third kappa shape index (κ3) is 1.26. The number of nitrogens with zero attached hydrogens (tertiary/aromatic N) is 1. The van der Waals surface area contributed by atoms with Gasteiger partial charge in [-0.1, -0.05) is 0 Å². The minimum absolute atomic E-state index is 0.169. The van der Waals surface area contributed by atoms with Crippen molar-refractivity contribution in [2.24, 2.45) is 0 Å².